The topological polar surface area (TPSA) is 47.9 Å². The molecule has 4 unspecified atom stereocenters. The van der Waals surface area contributed by atoms with E-state index in [1.807, 2.05) is 12.1 Å². The van der Waals surface area contributed by atoms with Crippen LogP contribution in [0.3, 0.4) is 0 Å². The third-order valence-corrected chi connectivity index (χ3v) is 8.64. The molecule has 3 heterocycles. The number of halogens is 1. The lowest BCUT2D eigenvalue weighted by molar-refractivity contribution is -0.126. The lowest BCUT2D eigenvalue weighted by Crippen LogP contribution is -2.54. The van der Waals surface area contributed by atoms with Crippen LogP contribution >= 0.6 is 0 Å². The first kappa shape index (κ1) is 19.7. The summed E-state index contributed by atoms with van der Waals surface area (Å²) in [6.45, 7) is 3.11. The molecule has 31 heavy (non-hydrogen) atoms. The van der Waals surface area contributed by atoms with E-state index in [2.05, 4.69) is 15.1 Å². The number of hydrogen-bond acceptors (Lipinski definition) is 4. The molecule has 2 aliphatic carbocycles. The number of hydrogen-bond donors (Lipinski definition) is 1. The third kappa shape index (κ3) is 3.57. The lowest BCUT2D eigenvalue weighted by Gasteiger charge is -2.42. The largest absolute Gasteiger partial charge is 0.368 e. The van der Waals surface area contributed by atoms with Crippen LogP contribution in [0, 0.1) is 17.2 Å². The van der Waals surface area contributed by atoms with Crippen LogP contribution in [-0.4, -0.2) is 54.4 Å². The van der Waals surface area contributed by atoms with Crippen LogP contribution in [0.1, 0.15) is 57.8 Å². The fourth-order valence-electron chi connectivity index (χ4n) is 6.82. The van der Waals surface area contributed by atoms with Crippen molar-refractivity contribution in [3.05, 3.63) is 30.1 Å². The summed E-state index contributed by atoms with van der Waals surface area (Å²) in [6, 6.07) is 8.32. The van der Waals surface area contributed by atoms with Crippen molar-refractivity contribution in [2.24, 2.45) is 16.3 Å². The second kappa shape index (κ2) is 7.58. The summed E-state index contributed by atoms with van der Waals surface area (Å²) in [5.74, 6) is 1.12. The van der Waals surface area contributed by atoms with Gasteiger partial charge in [0.1, 0.15) is 11.7 Å². The SMILES string of the molecule is O=C1NC(CCCN2C3CCC2CN(c2ccc(F)cc2)C3)=NC2C1CCCC21CC1. The number of nitrogens with zero attached hydrogens (tertiary/aromatic N) is 3. The fraction of sp³-hybridized carbons (Fsp3) is 0.680. The Kier molecular flexibility index (Phi) is 4.82. The number of rotatable bonds is 5. The molecule has 6 heteroatoms. The molecule has 0 aromatic heterocycles. The van der Waals surface area contributed by atoms with Crippen molar-refractivity contribution in [2.75, 3.05) is 24.5 Å². The summed E-state index contributed by atoms with van der Waals surface area (Å²) in [5, 5.41) is 3.14. The maximum atomic E-state index is 13.3. The molecule has 0 radical (unpaired) electrons. The number of benzene rings is 1. The summed E-state index contributed by atoms with van der Waals surface area (Å²) in [6.07, 6.45) is 10.4. The van der Waals surface area contributed by atoms with Gasteiger partial charge in [0.2, 0.25) is 5.91 Å². The van der Waals surface area contributed by atoms with Gasteiger partial charge in [-0.25, -0.2) is 4.39 Å². The molecule has 1 N–H and O–H groups in total. The van der Waals surface area contributed by atoms with Crippen molar-refractivity contribution in [3.63, 3.8) is 0 Å². The molecule has 1 aromatic rings. The average molecular weight is 425 g/mol. The van der Waals surface area contributed by atoms with Crippen molar-refractivity contribution in [3.8, 4) is 0 Å². The van der Waals surface area contributed by atoms with E-state index in [9.17, 15) is 9.18 Å². The van der Waals surface area contributed by atoms with Gasteiger partial charge in [-0.2, -0.15) is 0 Å². The molecule has 3 aliphatic heterocycles. The molecule has 1 amide bonds. The predicted molar refractivity (Wildman–Crippen MR) is 120 cm³/mol. The number of aliphatic imine (C=N–C) groups is 1. The maximum absolute atomic E-state index is 13.3. The zero-order chi connectivity index (χ0) is 21.0. The Morgan fingerprint density at radius 1 is 1.06 bits per heavy atom. The van der Waals surface area contributed by atoms with Gasteiger partial charge in [-0.1, -0.05) is 6.42 Å². The number of carbonyl (C=O) groups excluding carboxylic acids is 1. The van der Waals surface area contributed by atoms with Gasteiger partial charge in [-0.3, -0.25) is 14.7 Å². The molecule has 2 saturated heterocycles. The number of amides is 1. The van der Waals surface area contributed by atoms with Crippen molar-refractivity contribution < 1.29 is 9.18 Å². The van der Waals surface area contributed by atoms with Crippen LogP contribution in [-0.2, 0) is 4.79 Å². The Balaban J connectivity index is 1.06. The quantitative estimate of drug-likeness (QED) is 0.783. The Morgan fingerprint density at radius 2 is 1.81 bits per heavy atom. The van der Waals surface area contributed by atoms with E-state index in [0.717, 1.165) is 50.4 Å². The van der Waals surface area contributed by atoms with Crippen molar-refractivity contribution in [1.29, 1.82) is 0 Å². The average Bonchev–Trinajstić information content (AvgIpc) is 3.50. The summed E-state index contributed by atoms with van der Waals surface area (Å²) < 4.78 is 13.3. The monoisotopic (exact) mass is 424 g/mol. The van der Waals surface area contributed by atoms with E-state index in [1.54, 1.807) is 12.1 Å². The number of amidine groups is 1. The minimum Gasteiger partial charge on any atom is -0.368 e. The molecule has 4 fully saturated rings. The zero-order valence-corrected chi connectivity index (χ0v) is 18.2. The van der Waals surface area contributed by atoms with Crippen LogP contribution in [0.15, 0.2) is 29.3 Å². The molecule has 1 aromatic carbocycles. The first-order chi connectivity index (χ1) is 15.1. The summed E-state index contributed by atoms with van der Waals surface area (Å²) >= 11 is 0. The summed E-state index contributed by atoms with van der Waals surface area (Å²) in [7, 11) is 0. The van der Waals surface area contributed by atoms with Crippen molar-refractivity contribution >= 4 is 17.4 Å². The summed E-state index contributed by atoms with van der Waals surface area (Å²) in [4.78, 5) is 22.9. The summed E-state index contributed by atoms with van der Waals surface area (Å²) in [5.41, 5.74) is 1.50. The van der Waals surface area contributed by atoms with E-state index >= 15 is 0 Å². The highest BCUT2D eigenvalue weighted by atomic mass is 19.1. The molecule has 2 bridgehead atoms. The second-order valence-electron chi connectivity index (χ2n) is 10.5. The third-order valence-electron chi connectivity index (χ3n) is 8.64. The molecule has 2 saturated carbocycles. The van der Waals surface area contributed by atoms with Gasteiger partial charge in [0.15, 0.2) is 0 Å². The Morgan fingerprint density at radius 3 is 2.52 bits per heavy atom. The van der Waals surface area contributed by atoms with Gasteiger partial charge in [0.05, 0.1) is 12.0 Å². The van der Waals surface area contributed by atoms with E-state index in [0.29, 0.717) is 17.5 Å². The Bertz CT molecular complexity index is 866. The molecular weight excluding hydrogens is 391 g/mol. The highest BCUT2D eigenvalue weighted by Crippen LogP contribution is 2.59. The molecule has 1 spiro atoms. The smallest absolute Gasteiger partial charge is 0.230 e. The van der Waals surface area contributed by atoms with Crippen LogP contribution in [0.5, 0.6) is 0 Å². The van der Waals surface area contributed by atoms with E-state index in [-0.39, 0.29) is 23.7 Å². The zero-order valence-electron chi connectivity index (χ0n) is 18.2. The molecule has 4 atom stereocenters. The molecule has 166 valence electrons. The number of fused-ring (bicyclic) bond motifs is 4. The molecule has 5 aliphatic rings. The standard InChI is InChI=1S/C25H33FN4O/c26-17-5-7-18(8-6-17)29-15-19-9-10-20(16-29)30(19)14-2-4-22-27-23-21(24(31)28-22)3-1-11-25(23)12-13-25/h5-8,19-21,23H,1-4,9-16H2,(H,27,28,31). The van der Waals surface area contributed by atoms with Crippen LogP contribution < -0.4 is 10.2 Å². The normalized spacial score (nSPS) is 33.8. The highest BCUT2D eigenvalue weighted by molar-refractivity contribution is 6.01. The molecule has 6 rings (SSSR count). The maximum Gasteiger partial charge on any atom is 0.230 e. The van der Waals surface area contributed by atoms with E-state index in [1.165, 1.54) is 38.5 Å². The Labute approximate surface area is 184 Å². The van der Waals surface area contributed by atoms with Gasteiger partial charge < -0.3 is 10.2 Å². The molecule has 5 nitrogen and oxygen atoms in total. The lowest BCUT2D eigenvalue weighted by atomic mass is 9.73. The van der Waals surface area contributed by atoms with E-state index < -0.39 is 0 Å². The first-order valence-corrected chi connectivity index (χ1v) is 12.3. The van der Waals surface area contributed by atoms with Crippen LogP contribution in [0.25, 0.3) is 0 Å². The van der Waals surface area contributed by atoms with Gasteiger partial charge in [0.25, 0.3) is 0 Å². The van der Waals surface area contributed by atoms with Gasteiger partial charge >= 0.3 is 0 Å². The Hall–Kier alpha value is -1.95. The van der Waals surface area contributed by atoms with Crippen LogP contribution in [0.2, 0.25) is 0 Å². The highest BCUT2D eigenvalue weighted by Gasteiger charge is 2.56. The minimum absolute atomic E-state index is 0.121. The van der Waals surface area contributed by atoms with Gasteiger partial charge in [0, 0.05) is 37.3 Å². The van der Waals surface area contributed by atoms with Crippen molar-refractivity contribution in [1.82, 2.24) is 10.2 Å². The van der Waals surface area contributed by atoms with Gasteiger partial charge in [-0.15, -0.1) is 0 Å². The first-order valence-electron chi connectivity index (χ1n) is 12.3. The predicted octanol–water partition coefficient (Wildman–Crippen LogP) is 3.74. The number of carbonyl (C=O) groups is 1. The van der Waals surface area contributed by atoms with Gasteiger partial charge in [-0.05, 0) is 81.2 Å². The number of piperazine rings is 1. The van der Waals surface area contributed by atoms with E-state index in [4.69, 9.17) is 4.99 Å². The number of nitrogens with one attached hydrogen (secondary N) is 1. The minimum atomic E-state index is -0.171. The fourth-order valence-corrected chi connectivity index (χ4v) is 6.82. The number of anilines is 1. The van der Waals surface area contributed by atoms with Crippen molar-refractivity contribution in [2.45, 2.75) is 75.9 Å². The second-order valence-corrected chi connectivity index (χ2v) is 10.5. The molecular formula is C25H33FN4O. The van der Waals surface area contributed by atoms with Crippen LogP contribution in [0.4, 0.5) is 10.1 Å².